The van der Waals surface area contributed by atoms with Gasteiger partial charge >= 0.3 is 0 Å². The third-order valence-corrected chi connectivity index (χ3v) is 5.08. The molecule has 108 valence electrons. The van der Waals surface area contributed by atoms with Crippen molar-refractivity contribution in [3.8, 4) is 0 Å². The molecule has 0 amide bonds. The molecular formula is C15H27N3S. The summed E-state index contributed by atoms with van der Waals surface area (Å²) in [5.74, 6) is 0. The number of rotatable bonds is 4. The molecule has 19 heavy (non-hydrogen) atoms. The van der Waals surface area contributed by atoms with Gasteiger partial charge in [-0.2, -0.15) is 0 Å². The zero-order valence-corrected chi connectivity index (χ0v) is 13.7. The van der Waals surface area contributed by atoms with E-state index in [0.717, 1.165) is 6.54 Å². The van der Waals surface area contributed by atoms with Gasteiger partial charge in [-0.1, -0.05) is 12.8 Å². The van der Waals surface area contributed by atoms with Gasteiger partial charge in [-0.3, -0.25) is 0 Å². The van der Waals surface area contributed by atoms with Crippen LogP contribution in [0.4, 0.5) is 5.13 Å². The lowest BCUT2D eigenvalue weighted by molar-refractivity contribution is 0.425. The molecule has 0 spiro atoms. The molecule has 0 unspecified atom stereocenters. The largest absolute Gasteiger partial charge is 0.348 e. The van der Waals surface area contributed by atoms with E-state index >= 15 is 0 Å². The van der Waals surface area contributed by atoms with Crippen LogP contribution in [0, 0.1) is 6.92 Å². The van der Waals surface area contributed by atoms with Crippen LogP contribution in [0.1, 0.15) is 57.0 Å². The highest BCUT2D eigenvalue weighted by molar-refractivity contribution is 7.15. The molecule has 0 atom stereocenters. The molecule has 0 aromatic carbocycles. The predicted octanol–water partition coefficient (Wildman–Crippen LogP) is 3.72. The van der Waals surface area contributed by atoms with Gasteiger partial charge < -0.3 is 10.2 Å². The Morgan fingerprint density at radius 2 is 1.95 bits per heavy atom. The first-order valence-corrected chi connectivity index (χ1v) is 8.12. The maximum Gasteiger partial charge on any atom is 0.185 e. The molecule has 1 aliphatic carbocycles. The van der Waals surface area contributed by atoms with Crippen LogP contribution in [0.5, 0.6) is 0 Å². The number of thiazole rings is 1. The number of nitrogens with one attached hydrogen (secondary N) is 1. The molecule has 3 nitrogen and oxygen atoms in total. The summed E-state index contributed by atoms with van der Waals surface area (Å²) < 4.78 is 0. The van der Waals surface area contributed by atoms with Crippen LogP contribution in [0.15, 0.2) is 0 Å². The van der Waals surface area contributed by atoms with Crippen molar-refractivity contribution in [2.24, 2.45) is 0 Å². The number of hydrogen-bond acceptors (Lipinski definition) is 4. The summed E-state index contributed by atoms with van der Waals surface area (Å²) in [6.07, 6.45) is 5.39. The maximum atomic E-state index is 4.76. The minimum atomic E-state index is 0.161. The van der Waals surface area contributed by atoms with E-state index in [1.807, 2.05) is 11.3 Å². The second kappa shape index (κ2) is 5.80. The molecule has 0 saturated heterocycles. The monoisotopic (exact) mass is 281 g/mol. The van der Waals surface area contributed by atoms with Crippen LogP contribution in [-0.4, -0.2) is 23.6 Å². The third-order valence-electron chi connectivity index (χ3n) is 3.83. The Morgan fingerprint density at radius 3 is 2.53 bits per heavy atom. The van der Waals surface area contributed by atoms with Crippen LogP contribution in [0.25, 0.3) is 0 Å². The molecule has 1 fully saturated rings. The molecule has 1 aliphatic rings. The Hall–Kier alpha value is -0.610. The van der Waals surface area contributed by atoms with E-state index in [0.29, 0.717) is 6.04 Å². The van der Waals surface area contributed by atoms with E-state index < -0.39 is 0 Å². The zero-order valence-electron chi connectivity index (χ0n) is 12.9. The highest BCUT2D eigenvalue weighted by Crippen LogP contribution is 2.31. The summed E-state index contributed by atoms with van der Waals surface area (Å²) in [7, 11) is 2.20. The summed E-state index contributed by atoms with van der Waals surface area (Å²) in [4.78, 5) is 8.52. The fraction of sp³-hybridized carbons (Fsp3) is 0.800. The van der Waals surface area contributed by atoms with Gasteiger partial charge in [0.05, 0.1) is 5.69 Å². The number of hydrogen-bond donors (Lipinski definition) is 1. The van der Waals surface area contributed by atoms with E-state index in [4.69, 9.17) is 4.98 Å². The van der Waals surface area contributed by atoms with E-state index in [9.17, 15) is 0 Å². The SMILES string of the molecule is Cc1nc(N(C)C2CCCC2)sc1CNC(C)(C)C. The Morgan fingerprint density at radius 1 is 1.32 bits per heavy atom. The first-order chi connectivity index (χ1) is 8.87. The smallest absolute Gasteiger partial charge is 0.185 e. The zero-order chi connectivity index (χ0) is 14.0. The molecule has 1 N–H and O–H groups in total. The Bertz CT molecular complexity index is 414. The van der Waals surface area contributed by atoms with Crippen LogP contribution in [-0.2, 0) is 6.54 Å². The molecular weight excluding hydrogens is 254 g/mol. The molecule has 1 aromatic rings. The average molecular weight is 281 g/mol. The van der Waals surface area contributed by atoms with Gasteiger partial charge in [-0.05, 0) is 40.5 Å². The second-order valence-electron chi connectivity index (χ2n) is 6.66. The first-order valence-electron chi connectivity index (χ1n) is 7.31. The van der Waals surface area contributed by atoms with Crippen molar-refractivity contribution >= 4 is 16.5 Å². The number of anilines is 1. The van der Waals surface area contributed by atoms with Crippen molar-refractivity contribution in [3.05, 3.63) is 10.6 Å². The third kappa shape index (κ3) is 3.93. The van der Waals surface area contributed by atoms with E-state index in [2.05, 4.69) is 45.0 Å². The van der Waals surface area contributed by atoms with Crippen molar-refractivity contribution in [2.45, 2.75) is 71.5 Å². The highest BCUT2D eigenvalue weighted by atomic mass is 32.1. The van der Waals surface area contributed by atoms with Gasteiger partial charge in [0.2, 0.25) is 0 Å². The maximum absolute atomic E-state index is 4.76. The van der Waals surface area contributed by atoms with Crippen molar-refractivity contribution in [2.75, 3.05) is 11.9 Å². The molecule has 1 aromatic heterocycles. The lowest BCUT2D eigenvalue weighted by atomic mass is 10.1. The van der Waals surface area contributed by atoms with Crippen LogP contribution < -0.4 is 10.2 Å². The quantitative estimate of drug-likeness (QED) is 0.911. The van der Waals surface area contributed by atoms with Gasteiger partial charge in [-0.15, -0.1) is 11.3 Å². The van der Waals surface area contributed by atoms with Crippen molar-refractivity contribution in [1.82, 2.24) is 10.3 Å². The lowest BCUT2D eigenvalue weighted by Gasteiger charge is -2.23. The van der Waals surface area contributed by atoms with Gasteiger partial charge in [0, 0.05) is 30.1 Å². The molecule has 2 rings (SSSR count). The summed E-state index contributed by atoms with van der Waals surface area (Å²) in [5.41, 5.74) is 1.34. The van der Waals surface area contributed by atoms with Gasteiger partial charge in [0.1, 0.15) is 0 Å². The van der Waals surface area contributed by atoms with Gasteiger partial charge in [0.25, 0.3) is 0 Å². The predicted molar refractivity (Wildman–Crippen MR) is 84.1 cm³/mol. The van der Waals surface area contributed by atoms with E-state index in [1.165, 1.54) is 41.4 Å². The minimum Gasteiger partial charge on any atom is -0.348 e. The Labute approximate surface area is 121 Å². The number of aromatic nitrogens is 1. The highest BCUT2D eigenvalue weighted by Gasteiger charge is 2.22. The second-order valence-corrected chi connectivity index (χ2v) is 7.72. The van der Waals surface area contributed by atoms with Gasteiger partial charge in [0.15, 0.2) is 5.13 Å². The van der Waals surface area contributed by atoms with E-state index in [1.54, 1.807) is 0 Å². The van der Waals surface area contributed by atoms with E-state index in [-0.39, 0.29) is 5.54 Å². The summed E-state index contributed by atoms with van der Waals surface area (Å²) in [6, 6.07) is 0.703. The average Bonchev–Trinajstić information content (AvgIpc) is 2.93. The minimum absolute atomic E-state index is 0.161. The van der Waals surface area contributed by atoms with Crippen molar-refractivity contribution in [1.29, 1.82) is 0 Å². The Kier molecular flexibility index (Phi) is 4.51. The standard InChI is InChI=1S/C15H27N3S/c1-11-13(10-16-15(2,3)4)19-14(17-11)18(5)12-8-6-7-9-12/h12,16H,6-10H2,1-5H3. The molecule has 0 aliphatic heterocycles. The van der Waals surface area contributed by atoms with Crippen LogP contribution >= 0.6 is 11.3 Å². The summed E-state index contributed by atoms with van der Waals surface area (Å²) in [6.45, 7) is 9.66. The normalized spacial score (nSPS) is 17.1. The fourth-order valence-electron chi connectivity index (χ4n) is 2.52. The first kappa shape index (κ1) is 14.8. The Balaban J connectivity index is 2.03. The van der Waals surface area contributed by atoms with Gasteiger partial charge in [-0.25, -0.2) is 4.98 Å². The molecule has 1 heterocycles. The van der Waals surface area contributed by atoms with Crippen LogP contribution in [0.3, 0.4) is 0 Å². The molecule has 1 saturated carbocycles. The summed E-state index contributed by atoms with van der Waals surface area (Å²) >= 11 is 1.85. The number of aryl methyl sites for hydroxylation is 1. The fourth-order valence-corrected chi connectivity index (χ4v) is 3.55. The number of nitrogens with zero attached hydrogens (tertiary/aromatic N) is 2. The van der Waals surface area contributed by atoms with Crippen molar-refractivity contribution in [3.63, 3.8) is 0 Å². The molecule has 4 heteroatoms. The molecule has 0 bridgehead atoms. The van der Waals surface area contributed by atoms with Crippen molar-refractivity contribution < 1.29 is 0 Å². The summed E-state index contributed by atoms with van der Waals surface area (Å²) in [5, 5.41) is 4.74. The molecule has 0 radical (unpaired) electrons. The van der Waals surface area contributed by atoms with Crippen LogP contribution in [0.2, 0.25) is 0 Å². The topological polar surface area (TPSA) is 28.2 Å². The lowest BCUT2D eigenvalue weighted by Crippen LogP contribution is -2.34.